The van der Waals surface area contributed by atoms with Crippen LogP contribution in [0.4, 0.5) is 0 Å². The molecule has 3 N–H and O–H groups in total. The molecule has 1 aromatic rings. The van der Waals surface area contributed by atoms with E-state index in [0.717, 1.165) is 24.9 Å². The molecule has 0 aromatic heterocycles. The smallest absolute Gasteiger partial charge is 0.258 e. The molecule has 0 fully saturated rings. The number of carbonyl (C=O) groups excluding carboxylic acids is 1. The quantitative estimate of drug-likeness (QED) is 0.509. The normalized spacial score (nSPS) is 11.3. The minimum atomic E-state index is -0.313. The van der Waals surface area contributed by atoms with E-state index >= 15 is 0 Å². The predicted molar refractivity (Wildman–Crippen MR) is 104 cm³/mol. The lowest BCUT2D eigenvalue weighted by molar-refractivity contribution is -0.124. The van der Waals surface area contributed by atoms with E-state index in [9.17, 15) is 4.79 Å². The lowest BCUT2D eigenvalue weighted by atomic mass is 10.1. The van der Waals surface area contributed by atoms with E-state index in [2.05, 4.69) is 10.6 Å². The topological polar surface area (TPSA) is 79.8 Å². The van der Waals surface area contributed by atoms with Crippen molar-refractivity contribution in [1.82, 2.24) is 10.6 Å². The second kappa shape index (κ2) is 11.3. The maximum atomic E-state index is 11.9. The Labute approximate surface area is 161 Å². The van der Waals surface area contributed by atoms with Gasteiger partial charge >= 0.3 is 0 Å². The molecule has 0 unspecified atom stereocenters. The van der Waals surface area contributed by atoms with Crippen LogP contribution in [0, 0.1) is 0 Å². The Morgan fingerprint density at radius 2 is 1.88 bits per heavy atom. The van der Waals surface area contributed by atoms with Crippen molar-refractivity contribution in [2.24, 2.45) is 0 Å². The van der Waals surface area contributed by atoms with Gasteiger partial charge in [-0.1, -0.05) is 11.6 Å². The monoisotopic (exact) mass is 386 g/mol. The third kappa shape index (κ3) is 8.74. The summed E-state index contributed by atoms with van der Waals surface area (Å²) < 4.78 is 11.3. The number of benzene rings is 1. The first-order chi connectivity index (χ1) is 12.3. The Kier molecular flexibility index (Phi) is 9.76. The molecule has 148 valence electrons. The Morgan fingerprint density at radius 1 is 1.19 bits per heavy atom. The summed E-state index contributed by atoms with van der Waals surface area (Å²) in [7, 11) is 0. The van der Waals surface area contributed by atoms with Crippen molar-refractivity contribution in [3.05, 3.63) is 22.7 Å². The Bertz CT molecular complexity index is 573. The number of ether oxygens (including phenoxy) is 2. The molecule has 1 aromatic carbocycles. The van der Waals surface area contributed by atoms with E-state index < -0.39 is 0 Å². The minimum absolute atomic E-state index is 0.105. The summed E-state index contributed by atoms with van der Waals surface area (Å²) >= 11 is 6.35. The second-order valence-corrected chi connectivity index (χ2v) is 7.42. The maximum Gasteiger partial charge on any atom is 0.258 e. The van der Waals surface area contributed by atoms with Crippen molar-refractivity contribution in [3.8, 4) is 11.5 Å². The summed E-state index contributed by atoms with van der Waals surface area (Å²) in [6, 6.07) is 3.52. The van der Waals surface area contributed by atoms with Crippen LogP contribution in [-0.4, -0.2) is 42.9 Å². The zero-order chi connectivity index (χ0) is 19.6. The summed E-state index contributed by atoms with van der Waals surface area (Å²) in [4.78, 5) is 11.9. The highest BCUT2D eigenvalue weighted by molar-refractivity contribution is 6.31. The minimum Gasteiger partial charge on any atom is -0.490 e. The molecular weight excluding hydrogens is 356 g/mol. The fraction of sp³-hybridized carbons (Fsp3) is 0.632. The Balaban J connectivity index is 2.73. The summed E-state index contributed by atoms with van der Waals surface area (Å²) in [6.07, 6.45) is 1.67. The number of aliphatic hydroxyl groups excluding tert-OH is 1. The van der Waals surface area contributed by atoms with Crippen LogP contribution in [0.3, 0.4) is 0 Å². The van der Waals surface area contributed by atoms with Crippen LogP contribution in [0.5, 0.6) is 11.5 Å². The maximum absolute atomic E-state index is 11.9. The van der Waals surface area contributed by atoms with Gasteiger partial charge in [-0.3, -0.25) is 4.79 Å². The largest absolute Gasteiger partial charge is 0.490 e. The number of halogens is 1. The van der Waals surface area contributed by atoms with Gasteiger partial charge in [-0.15, -0.1) is 0 Å². The van der Waals surface area contributed by atoms with E-state index in [1.165, 1.54) is 0 Å². The first kappa shape index (κ1) is 22.5. The van der Waals surface area contributed by atoms with Gasteiger partial charge in [0.1, 0.15) is 0 Å². The van der Waals surface area contributed by atoms with Crippen molar-refractivity contribution in [1.29, 1.82) is 0 Å². The molecule has 0 saturated heterocycles. The number of amides is 1. The van der Waals surface area contributed by atoms with Gasteiger partial charge in [-0.2, -0.15) is 0 Å². The fourth-order valence-corrected chi connectivity index (χ4v) is 2.50. The van der Waals surface area contributed by atoms with Crippen molar-refractivity contribution < 1.29 is 19.4 Å². The molecule has 0 heterocycles. The highest BCUT2D eigenvalue weighted by atomic mass is 35.5. The van der Waals surface area contributed by atoms with Gasteiger partial charge in [0.2, 0.25) is 0 Å². The number of carbonyl (C=O) groups is 1. The standard InChI is InChI=1S/C19H31ClN2O4/c1-5-25-16-10-14(12-21-8-6-7-9-23)15(20)11-17(16)26-13-18(24)22-19(2,3)4/h10-11,21,23H,5-9,12-13H2,1-4H3,(H,22,24). The summed E-state index contributed by atoms with van der Waals surface area (Å²) in [5, 5.41) is 15.5. The summed E-state index contributed by atoms with van der Waals surface area (Å²) in [5.74, 6) is 0.809. The highest BCUT2D eigenvalue weighted by Gasteiger charge is 2.16. The molecule has 0 aliphatic heterocycles. The van der Waals surface area contributed by atoms with Gasteiger partial charge in [0.15, 0.2) is 18.1 Å². The molecule has 26 heavy (non-hydrogen) atoms. The molecule has 0 radical (unpaired) electrons. The van der Waals surface area contributed by atoms with Crippen LogP contribution in [0.15, 0.2) is 12.1 Å². The zero-order valence-corrected chi connectivity index (χ0v) is 16.9. The van der Waals surface area contributed by atoms with E-state index in [1.807, 2.05) is 33.8 Å². The lowest BCUT2D eigenvalue weighted by Gasteiger charge is -2.21. The van der Waals surface area contributed by atoms with E-state index in [4.69, 9.17) is 26.2 Å². The van der Waals surface area contributed by atoms with E-state index in [-0.39, 0.29) is 24.7 Å². The lowest BCUT2D eigenvalue weighted by Crippen LogP contribution is -2.43. The molecule has 1 amide bonds. The van der Waals surface area contributed by atoms with Gasteiger partial charge in [0.05, 0.1) is 6.61 Å². The van der Waals surface area contributed by atoms with Crippen LogP contribution in [-0.2, 0) is 11.3 Å². The molecule has 0 aliphatic rings. The van der Waals surface area contributed by atoms with E-state index in [1.54, 1.807) is 6.07 Å². The van der Waals surface area contributed by atoms with Gasteiger partial charge in [-0.25, -0.2) is 0 Å². The number of hydrogen-bond acceptors (Lipinski definition) is 5. The van der Waals surface area contributed by atoms with E-state index in [0.29, 0.717) is 29.7 Å². The average Bonchev–Trinajstić information content (AvgIpc) is 2.54. The van der Waals surface area contributed by atoms with Gasteiger partial charge in [-0.05, 0) is 58.7 Å². The second-order valence-electron chi connectivity index (χ2n) is 7.02. The Hall–Kier alpha value is -1.50. The first-order valence-electron chi connectivity index (χ1n) is 8.97. The molecule has 0 saturated carbocycles. The van der Waals surface area contributed by atoms with Crippen molar-refractivity contribution >= 4 is 17.5 Å². The highest BCUT2D eigenvalue weighted by Crippen LogP contribution is 2.33. The van der Waals surface area contributed by atoms with Crippen LogP contribution >= 0.6 is 11.6 Å². The van der Waals surface area contributed by atoms with Gasteiger partial charge in [0.25, 0.3) is 5.91 Å². The fourth-order valence-electron chi connectivity index (χ4n) is 2.28. The molecule has 1 rings (SSSR count). The number of unbranched alkanes of at least 4 members (excludes halogenated alkanes) is 1. The third-order valence-corrected chi connectivity index (χ3v) is 3.71. The summed E-state index contributed by atoms with van der Waals surface area (Å²) in [5.41, 5.74) is 0.581. The molecule has 7 heteroatoms. The Morgan fingerprint density at radius 3 is 2.50 bits per heavy atom. The first-order valence-corrected chi connectivity index (χ1v) is 9.35. The number of rotatable bonds is 11. The SMILES string of the molecule is CCOc1cc(CNCCCCO)c(Cl)cc1OCC(=O)NC(C)(C)C. The van der Waals surface area contributed by atoms with Crippen LogP contribution in [0.2, 0.25) is 5.02 Å². The molecular formula is C19H31ClN2O4. The van der Waals surface area contributed by atoms with Gasteiger partial charge in [0, 0.05) is 29.8 Å². The molecule has 0 bridgehead atoms. The third-order valence-electron chi connectivity index (χ3n) is 3.36. The van der Waals surface area contributed by atoms with Gasteiger partial charge < -0.3 is 25.2 Å². The van der Waals surface area contributed by atoms with Crippen molar-refractivity contribution in [2.45, 2.75) is 52.6 Å². The molecule has 0 atom stereocenters. The predicted octanol–water partition coefficient (Wildman–Crippen LogP) is 2.89. The number of nitrogens with one attached hydrogen (secondary N) is 2. The number of aliphatic hydroxyl groups is 1. The van der Waals surface area contributed by atoms with Crippen LogP contribution < -0.4 is 20.1 Å². The molecule has 6 nitrogen and oxygen atoms in total. The molecule has 0 spiro atoms. The van der Waals surface area contributed by atoms with Crippen molar-refractivity contribution in [2.75, 3.05) is 26.4 Å². The molecule has 0 aliphatic carbocycles. The zero-order valence-electron chi connectivity index (χ0n) is 16.2. The van der Waals surface area contributed by atoms with Crippen LogP contribution in [0.25, 0.3) is 0 Å². The van der Waals surface area contributed by atoms with Crippen LogP contribution in [0.1, 0.15) is 46.1 Å². The number of hydrogen-bond donors (Lipinski definition) is 3. The summed E-state index contributed by atoms with van der Waals surface area (Å²) in [6.45, 7) is 9.59. The van der Waals surface area contributed by atoms with Crippen molar-refractivity contribution in [3.63, 3.8) is 0 Å². The average molecular weight is 387 g/mol.